The highest BCUT2D eigenvalue weighted by Crippen LogP contribution is 2.29. The van der Waals surface area contributed by atoms with E-state index in [0.717, 1.165) is 35.8 Å². The fourth-order valence-electron chi connectivity index (χ4n) is 4.07. The zero-order valence-corrected chi connectivity index (χ0v) is 16.8. The van der Waals surface area contributed by atoms with Gasteiger partial charge >= 0.3 is 0 Å². The summed E-state index contributed by atoms with van der Waals surface area (Å²) in [5.41, 5.74) is 3.76. The van der Waals surface area contributed by atoms with Gasteiger partial charge in [0.2, 0.25) is 0 Å². The number of carbonyl (C=O) groups excluding carboxylic acids is 1. The van der Waals surface area contributed by atoms with E-state index in [1.165, 1.54) is 5.56 Å². The molecule has 28 heavy (non-hydrogen) atoms. The minimum absolute atomic E-state index is 0.0461. The second kappa shape index (κ2) is 7.28. The number of aromatic nitrogens is 2. The first-order valence-electron chi connectivity index (χ1n) is 9.63. The molecule has 0 N–H and O–H groups in total. The van der Waals surface area contributed by atoms with Crippen LogP contribution in [0.3, 0.4) is 0 Å². The fraction of sp³-hybridized carbons (Fsp3) is 0.364. The highest BCUT2D eigenvalue weighted by Gasteiger charge is 2.32. The van der Waals surface area contributed by atoms with Gasteiger partial charge in [0.25, 0.3) is 5.91 Å². The molecule has 6 heteroatoms. The fourth-order valence-corrected chi connectivity index (χ4v) is 4.07. The molecular weight excluding hydrogens is 352 g/mol. The van der Waals surface area contributed by atoms with Crippen molar-refractivity contribution < 1.29 is 9.32 Å². The maximum atomic E-state index is 13.6. The van der Waals surface area contributed by atoms with E-state index in [1.807, 2.05) is 60.6 Å². The van der Waals surface area contributed by atoms with Gasteiger partial charge in [-0.3, -0.25) is 9.36 Å². The summed E-state index contributed by atoms with van der Waals surface area (Å²) in [4.78, 5) is 17.9. The van der Waals surface area contributed by atoms with E-state index in [-0.39, 0.29) is 11.9 Å². The average molecular weight is 378 g/mol. The van der Waals surface area contributed by atoms with E-state index in [9.17, 15) is 4.79 Å². The van der Waals surface area contributed by atoms with Gasteiger partial charge in [-0.05, 0) is 39.4 Å². The van der Waals surface area contributed by atoms with E-state index in [4.69, 9.17) is 4.52 Å². The van der Waals surface area contributed by atoms with Crippen LogP contribution in [0.15, 0.2) is 47.0 Å². The highest BCUT2D eigenvalue weighted by molar-refractivity contribution is 5.96. The highest BCUT2D eigenvalue weighted by atomic mass is 16.5. The van der Waals surface area contributed by atoms with Crippen molar-refractivity contribution in [2.45, 2.75) is 26.8 Å². The lowest BCUT2D eigenvalue weighted by Gasteiger charge is -2.40. The van der Waals surface area contributed by atoms with Crippen LogP contribution >= 0.6 is 0 Å². The van der Waals surface area contributed by atoms with Crippen LogP contribution in [0, 0.1) is 20.8 Å². The van der Waals surface area contributed by atoms with Crippen LogP contribution in [0.4, 0.5) is 0 Å². The number of rotatable bonds is 3. The monoisotopic (exact) mass is 378 g/mol. The van der Waals surface area contributed by atoms with Crippen LogP contribution in [0.25, 0.3) is 5.82 Å². The van der Waals surface area contributed by atoms with Gasteiger partial charge < -0.3 is 14.3 Å². The first kappa shape index (κ1) is 18.5. The molecule has 3 aromatic rings. The van der Waals surface area contributed by atoms with Gasteiger partial charge in [-0.15, -0.1) is 0 Å². The van der Waals surface area contributed by atoms with Crippen LogP contribution < -0.4 is 0 Å². The maximum Gasteiger partial charge on any atom is 0.256 e. The molecule has 3 heterocycles. The standard InChI is InChI=1S/C22H26N4O2/c1-15-12-19(17(3)26(15)21-13-16(2)28-23-21)22(27)25-11-10-24(4)14-20(25)18-8-6-5-7-9-18/h5-9,12-13,20H,10-11,14H2,1-4H3/t20-/m1/s1. The van der Waals surface area contributed by atoms with Crippen molar-refractivity contribution in [3.05, 3.63) is 70.7 Å². The van der Waals surface area contributed by atoms with Crippen molar-refractivity contribution in [3.8, 4) is 5.82 Å². The van der Waals surface area contributed by atoms with Gasteiger partial charge in [0, 0.05) is 37.1 Å². The predicted octanol–water partition coefficient (Wildman–Crippen LogP) is 3.52. The molecule has 1 aliphatic rings. The van der Waals surface area contributed by atoms with Gasteiger partial charge in [0.1, 0.15) is 5.76 Å². The molecule has 146 valence electrons. The number of benzene rings is 1. The van der Waals surface area contributed by atoms with Crippen LogP contribution in [0.2, 0.25) is 0 Å². The molecule has 1 saturated heterocycles. The summed E-state index contributed by atoms with van der Waals surface area (Å²) >= 11 is 0. The Morgan fingerprint density at radius 1 is 1.11 bits per heavy atom. The molecule has 1 aromatic carbocycles. The predicted molar refractivity (Wildman–Crippen MR) is 108 cm³/mol. The Hall–Kier alpha value is -2.86. The number of piperazine rings is 1. The molecule has 1 amide bonds. The number of hydrogen-bond donors (Lipinski definition) is 0. The molecule has 0 spiro atoms. The second-order valence-corrected chi connectivity index (χ2v) is 7.60. The van der Waals surface area contributed by atoms with Gasteiger partial charge in [0.15, 0.2) is 5.82 Å². The Labute approximate surface area is 165 Å². The van der Waals surface area contributed by atoms with E-state index in [0.29, 0.717) is 12.4 Å². The smallest absolute Gasteiger partial charge is 0.256 e. The van der Waals surface area contributed by atoms with Gasteiger partial charge in [-0.1, -0.05) is 35.5 Å². The Morgan fingerprint density at radius 3 is 2.54 bits per heavy atom. The summed E-state index contributed by atoms with van der Waals surface area (Å²) in [5.74, 6) is 1.53. The minimum Gasteiger partial charge on any atom is -0.360 e. The van der Waals surface area contributed by atoms with E-state index in [1.54, 1.807) is 0 Å². The lowest BCUT2D eigenvalue weighted by Crippen LogP contribution is -2.49. The number of nitrogens with zero attached hydrogens (tertiary/aromatic N) is 4. The third-order valence-electron chi connectivity index (χ3n) is 5.53. The van der Waals surface area contributed by atoms with E-state index < -0.39 is 0 Å². The molecule has 1 atom stereocenters. The van der Waals surface area contributed by atoms with E-state index >= 15 is 0 Å². The lowest BCUT2D eigenvalue weighted by molar-refractivity contribution is 0.0497. The Bertz CT molecular complexity index is 989. The van der Waals surface area contributed by atoms with Crippen LogP contribution in [-0.4, -0.2) is 52.1 Å². The van der Waals surface area contributed by atoms with Crippen LogP contribution in [-0.2, 0) is 0 Å². The normalized spacial score (nSPS) is 17.9. The van der Waals surface area contributed by atoms with Crippen molar-refractivity contribution in [3.63, 3.8) is 0 Å². The largest absolute Gasteiger partial charge is 0.360 e. The average Bonchev–Trinajstić information content (AvgIpc) is 3.24. The topological polar surface area (TPSA) is 54.5 Å². The third kappa shape index (κ3) is 3.24. The van der Waals surface area contributed by atoms with Gasteiger partial charge in [-0.25, -0.2) is 0 Å². The summed E-state index contributed by atoms with van der Waals surface area (Å²) in [6.45, 7) is 8.24. The molecule has 2 aromatic heterocycles. The van der Waals surface area contributed by atoms with Gasteiger partial charge in [0.05, 0.1) is 11.6 Å². The van der Waals surface area contributed by atoms with Crippen molar-refractivity contribution in [2.75, 3.05) is 26.7 Å². The number of aryl methyl sites for hydroxylation is 2. The Morgan fingerprint density at radius 2 is 1.86 bits per heavy atom. The molecule has 1 aliphatic heterocycles. The first-order valence-corrected chi connectivity index (χ1v) is 9.63. The number of amides is 1. The van der Waals surface area contributed by atoms with Crippen molar-refractivity contribution in [1.29, 1.82) is 0 Å². The molecule has 0 aliphatic carbocycles. The third-order valence-corrected chi connectivity index (χ3v) is 5.53. The van der Waals surface area contributed by atoms with Crippen molar-refractivity contribution >= 4 is 5.91 Å². The minimum atomic E-state index is 0.0461. The van der Waals surface area contributed by atoms with Crippen molar-refractivity contribution in [2.24, 2.45) is 0 Å². The van der Waals surface area contributed by atoms with Crippen LogP contribution in [0.5, 0.6) is 0 Å². The molecule has 4 rings (SSSR count). The molecule has 0 unspecified atom stereocenters. The first-order chi connectivity index (χ1) is 13.5. The molecule has 0 radical (unpaired) electrons. The molecular formula is C22H26N4O2. The van der Waals surface area contributed by atoms with E-state index in [2.05, 4.69) is 29.2 Å². The molecule has 0 bridgehead atoms. The van der Waals surface area contributed by atoms with Crippen molar-refractivity contribution in [1.82, 2.24) is 19.5 Å². The zero-order chi connectivity index (χ0) is 19.8. The summed E-state index contributed by atoms with van der Waals surface area (Å²) in [5, 5.41) is 4.12. The Kier molecular flexibility index (Phi) is 4.81. The quantitative estimate of drug-likeness (QED) is 0.700. The van der Waals surface area contributed by atoms with Gasteiger partial charge in [-0.2, -0.15) is 0 Å². The maximum absolute atomic E-state index is 13.6. The lowest BCUT2D eigenvalue weighted by atomic mass is 10.0. The number of carbonyl (C=O) groups is 1. The summed E-state index contributed by atoms with van der Waals surface area (Å²) in [6.07, 6.45) is 0. The number of likely N-dealkylation sites (N-methyl/N-ethyl adjacent to an activating group) is 1. The summed E-state index contributed by atoms with van der Waals surface area (Å²) in [6, 6.07) is 14.2. The SMILES string of the molecule is Cc1cc(-n2c(C)cc(C(=O)N3CCN(C)C[C@@H]3c3ccccc3)c2C)no1. The molecule has 0 saturated carbocycles. The summed E-state index contributed by atoms with van der Waals surface area (Å²) in [7, 11) is 2.11. The van der Waals surface area contributed by atoms with Crippen LogP contribution in [0.1, 0.15) is 39.1 Å². The summed E-state index contributed by atoms with van der Waals surface area (Å²) < 4.78 is 7.21. The number of hydrogen-bond acceptors (Lipinski definition) is 4. The Balaban J connectivity index is 1.70. The second-order valence-electron chi connectivity index (χ2n) is 7.60. The molecule has 1 fully saturated rings. The molecule has 6 nitrogen and oxygen atoms in total. The zero-order valence-electron chi connectivity index (χ0n) is 16.8.